The van der Waals surface area contributed by atoms with Crippen LogP contribution in [0.2, 0.25) is 0 Å². The minimum absolute atomic E-state index is 0.210. The molecule has 0 aliphatic heterocycles. The van der Waals surface area contributed by atoms with E-state index in [0.29, 0.717) is 5.92 Å². The van der Waals surface area contributed by atoms with Crippen molar-refractivity contribution < 1.29 is 13.3 Å². The van der Waals surface area contributed by atoms with Gasteiger partial charge in [-0.3, -0.25) is 4.84 Å². The van der Waals surface area contributed by atoms with Crippen LogP contribution in [0.4, 0.5) is 0 Å². The summed E-state index contributed by atoms with van der Waals surface area (Å²) in [5.74, 6) is 0.437. The third-order valence-corrected chi connectivity index (χ3v) is 3.84. The van der Waals surface area contributed by atoms with Crippen molar-refractivity contribution in [2.75, 3.05) is 7.11 Å². The van der Waals surface area contributed by atoms with Crippen LogP contribution in [-0.4, -0.2) is 15.5 Å². The molecular weight excluding hydrogens is 226 g/mol. The summed E-state index contributed by atoms with van der Waals surface area (Å²) >= 11 is 0. The quantitative estimate of drug-likeness (QED) is 0.805. The summed E-state index contributed by atoms with van der Waals surface area (Å²) in [5.41, 5.74) is 1.14. The molecule has 0 bridgehead atoms. The zero-order valence-electron chi connectivity index (χ0n) is 9.73. The van der Waals surface area contributed by atoms with Crippen LogP contribution in [0.1, 0.15) is 31.7 Å². The highest BCUT2D eigenvalue weighted by Crippen LogP contribution is 2.20. The smallest absolute Gasteiger partial charge is 0.262 e. The van der Waals surface area contributed by atoms with Gasteiger partial charge < -0.3 is 0 Å². The van der Waals surface area contributed by atoms with Crippen LogP contribution in [0.25, 0.3) is 0 Å². The third-order valence-electron chi connectivity index (χ3n) is 2.56. The number of nitrogens with one attached hydrogen (secondary N) is 1. The molecule has 16 heavy (non-hydrogen) atoms. The van der Waals surface area contributed by atoms with Crippen LogP contribution in [0.5, 0.6) is 0 Å². The Balaban J connectivity index is 2.95. The van der Waals surface area contributed by atoms with Gasteiger partial charge in [-0.25, -0.2) is 8.42 Å². The van der Waals surface area contributed by atoms with Crippen molar-refractivity contribution in [3.05, 3.63) is 29.8 Å². The molecule has 0 spiro atoms. The Labute approximate surface area is 96.6 Å². The molecule has 0 aliphatic rings. The summed E-state index contributed by atoms with van der Waals surface area (Å²) in [5, 5.41) is 0. The van der Waals surface area contributed by atoms with Gasteiger partial charge >= 0.3 is 0 Å². The van der Waals surface area contributed by atoms with E-state index in [-0.39, 0.29) is 4.90 Å². The van der Waals surface area contributed by atoms with E-state index in [1.165, 1.54) is 7.11 Å². The summed E-state index contributed by atoms with van der Waals surface area (Å²) in [6.07, 6.45) is 1.03. The predicted molar refractivity (Wildman–Crippen MR) is 62.5 cm³/mol. The van der Waals surface area contributed by atoms with Gasteiger partial charge in [0.15, 0.2) is 0 Å². The molecule has 1 rings (SSSR count). The van der Waals surface area contributed by atoms with Crippen molar-refractivity contribution in [3.63, 3.8) is 0 Å². The summed E-state index contributed by atoms with van der Waals surface area (Å²) in [7, 11) is -2.26. The molecule has 90 valence electrons. The lowest BCUT2D eigenvalue weighted by Crippen LogP contribution is -2.22. The van der Waals surface area contributed by atoms with Crippen molar-refractivity contribution in [1.29, 1.82) is 0 Å². The number of sulfonamides is 1. The van der Waals surface area contributed by atoms with Gasteiger partial charge in [0.05, 0.1) is 12.0 Å². The second kappa shape index (κ2) is 5.43. The van der Waals surface area contributed by atoms with Crippen LogP contribution in [0, 0.1) is 0 Å². The summed E-state index contributed by atoms with van der Waals surface area (Å²) < 4.78 is 23.1. The lowest BCUT2D eigenvalue weighted by molar-refractivity contribution is 0.153. The molecule has 0 saturated carbocycles. The standard InChI is InChI=1S/C11H17NO3S/c1-4-9(2)10-5-7-11(8-6-10)16(13,14)12-15-3/h5-9,12H,4H2,1-3H3. The number of rotatable bonds is 5. The highest BCUT2D eigenvalue weighted by Gasteiger charge is 2.13. The summed E-state index contributed by atoms with van der Waals surface area (Å²) in [6.45, 7) is 4.21. The van der Waals surface area contributed by atoms with Crippen molar-refractivity contribution in [1.82, 2.24) is 4.89 Å². The molecule has 0 aliphatic carbocycles. The topological polar surface area (TPSA) is 55.4 Å². The van der Waals surface area contributed by atoms with Crippen LogP contribution < -0.4 is 4.89 Å². The molecule has 4 nitrogen and oxygen atoms in total. The molecule has 1 N–H and O–H groups in total. The monoisotopic (exact) mass is 243 g/mol. The van der Waals surface area contributed by atoms with E-state index in [2.05, 4.69) is 18.7 Å². The van der Waals surface area contributed by atoms with Gasteiger partial charge in [0.2, 0.25) is 0 Å². The Morgan fingerprint density at radius 1 is 1.31 bits per heavy atom. The van der Waals surface area contributed by atoms with Crippen LogP contribution >= 0.6 is 0 Å². The first-order chi connectivity index (χ1) is 7.51. The van der Waals surface area contributed by atoms with Crippen LogP contribution in [-0.2, 0) is 14.9 Å². The zero-order valence-corrected chi connectivity index (χ0v) is 10.5. The van der Waals surface area contributed by atoms with Gasteiger partial charge in [0, 0.05) is 0 Å². The largest absolute Gasteiger partial charge is 0.290 e. The maximum absolute atomic E-state index is 11.5. The zero-order chi connectivity index (χ0) is 12.2. The Morgan fingerprint density at radius 3 is 2.31 bits per heavy atom. The highest BCUT2D eigenvalue weighted by atomic mass is 32.2. The Morgan fingerprint density at radius 2 is 1.88 bits per heavy atom. The molecule has 1 aromatic carbocycles. The number of benzene rings is 1. The number of hydrogen-bond donors (Lipinski definition) is 1. The first kappa shape index (κ1) is 13.2. The lowest BCUT2D eigenvalue weighted by atomic mass is 9.99. The van der Waals surface area contributed by atoms with E-state index in [1.54, 1.807) is 12.1 Å². The molecule has 0 amide bonds. The Bertz CT molecular complexity index is 425. The average molecular weight is 243 g/mol. The molecule has 1 aromatic rings. The van der Waals surface area contributed by atoms with E-state index >= 15 is 0 Å². The Hall–Kier alpha value is -0.910. The minimum atomic E-state index is -3.53. The molecule has 0 saturated heterocycles. The Kier molecular flexibility index (Phi) is 4.46. The maximum Gasteiger partial charge on any atom is 0.262 e. The fourth-order valence-electron chi connectivity index (χ4n) is 1.37. The molecule has 5 heteroatoms. The van der Waals surface area contributed by atoms with Gasteiger partial charge in [-0.2, -0.15) is 0 Å². The molecular formula is C11H17NO3S. The molecule has 0 aromatic heterocycles. The fraction of sp³-hybridized carbons (Fsp3) is 0.455. The van der Waals surface area contributed by atoms with Crippen molar-refractivity contribution in [2.24, 2.45) is 0 Å². The van der Waals surface area contributed by atoms with E-state index in [0.717, 1.165) is 12.0 Å². The SMILES string of the molecule is CCC(C)c1ccc(S(=O)(=O)NOC)cc1. The third kappa shape index (κ3) is 3.04. The van der Waals surface area contributed by atoms with Crippen LogP contribution in [0.3, 0.4) is 0 Å². The first-order valence-electron chi connectivity index (χ1n) is 5.16. The summed E-state index contributed by atoms with van der Waals surface area (Å²) in [6, 6.07) is 6.84. The second-order valence-electron chi connectivity index (χ2n) is 3.67. The van der Waals surface area contributed by atoms with Gasteiger partial charge in [0.1, 0.15) is 0 Å². The van der Waals surface area contributed by atoms with Gasteiger partial charge in [0.25, 0.3) is 10.0 Å². The number of hydrogen-bond acceptors (Lipinski definition) is 3. The van der Waals surface area contributed by atoms with Gasteiger partial charge in [-0.15, -0.1) is 0 Å². The van der Waals surface area contributed by atoms with E-state index in [9.17, 15) is 8.42 Å². The normalized spacial score (nSPS) is 13.7. The highest BCUT2D eigenvalue weighted by molar-refractivity contribution is 7.89. The van der Waals surface area contributed by atoms with Crippen molar-refractivity contribution in [2.45, 2.75) is 31.1 Å². The molecule has 0 radical (unpaired) electrons. The predicted octanol–water partition coefficient (Wildman–Crippen LogP) is 2.04. The van der Waals surface area contributed by atoms with E-state index in [4.69, 9.17) is 0 Å². The van der Waals surface area contributed by atoms with Crippen molar-refractivity contribution >= 4 is 10.0 Å². The lowest BCUT2D eigenvalue weighted by Gasteiger charge is -2.10. The average Bonchev–Trinajstić information content (AvgIpc) is 2.28. The molecule has 0 fully saturated rings. The van der Waals surface area contributed by atoms with E-state index < -0.39 is 10.0 Å². The van der Waals surface area contributed by atoms with Crippen molar-refractivity contribution in [3.8, 4) is 0 Å². The second-order valence-corrected chi connectivity index (χ2v) is 5.31. The fourth-order valence-corrected chi connectivity index (χ4v) is 2.18. The van der Waals surface area contributed by atoms with Gasteiger partial charge in [-0.1, -0.05) is 30.9 Å². The first-order valence-corrected chi connectivity index (χ1v) is 6.64. The molecule has 0 heterocycles. The van der Waals surface area contributed by atoms with Gasteiger partial charge in [-0.05, 0) is 30.0 Å². The molecule has 1 atom stereocenters. The maximum atomic E-state index is 11.5. The van der Waals surface area contributed by atoms with E-state index in [1.807, 2.05) is 17.0 Å². The minimum Gasteiger partial charge on any atom is -0.290 e. The van der Waals surface area contributed by atoms with Crippen LogP contribution in [0.15, 0.2) is 29.2 Å². The summed E-state index contributed by atoms with van der Waals surface area (Å²) in [4.78, 5) is 6.60. The molecule has 1 unspecified atom stereocenters.